The topological polar surface area (TPSA) is 144 Å². The minimum absolute atomic E-state index is 0.0883. The van der Waals surface area contributed by atoms with Gasteiger partial charge in [0.15, 0.2) is 6.61 Å². The highest BCUT2D eigenvalue weighted by atomic mass is 32.2. The van der Waals surface area contributed by atoms with Crippen molar-refractivity contribution in [3.63, 3.8) is 0 Å². The lowest BCUT2D eigenvalue weighted by Crippen LogP contribution is -2.41. The summed E-state index contributed by atoms with van der Waals surface area (Å²) in [5, 5.41) is 4.42. The molecule has 33 heavy (non-hydrogen) atoms. The fourth-order valence-electron chi connectivity index (χ4n) is 3.23. The minimum atomic E-state index is -3.85. The SMILES string of the molecule is Cc1c(C)c(C)c(S(=O)(=O)NCCC(=O)OCC(=O)NC(=O)NCc2ccco2)c(C)c1C. The van der Waals surface area contributed by atoms with Gasteiger partial charge >= 0.3 is 12.0 Å². The molecule has 3 amide bonds. The van der Waals surface area contributed by atoms with E-state index < -0.39 is 34.5 Å². The van der Waals surface area contributed by atoms with Crippen molar-refractivity contribution in [2.45, 2.75) is 52.5 Å². The summed E-state index contributed by atoms with van der Waals surface area (Å²) < 4.78 is 37.9. The molecule has 0 bridgehead atoms. The van der Waals surface area contributed by atoms with Crippen LogP contribution in [0.3, 0.4) is 0 Å². The van der Waals surface area contributed by atoms with Crippen LogP contribution in [0.2, 0.25) is 0 Å². The van der Waals surface area contributed by atoms with Crippen LogP contribution in [-0.2, 0) is 30.9 Å². The number of hydrogen-bond donors (Lipinski definition) is 3. The summed E-state index contributed by atoms with van der Waals surface area (Å²) >= 11 is 0. The number of imide groups is 1. The van der Waals surface area contributed by atoms with Gasteiger partial charge in [-0.05, 0) is 74.6 Å². The monoisotopic (exact) mass is 479 g/mol. The van der Waals surface area contributed by atoms with Gasteiger partial charge < -0.3 is 14.5 Å². The van der Waals surface area contributed by atoms with Gasteiger partial charge in [-0.15, -0.1) is 0 Å². The summed E-state index contributed by atoms with van der Waals surface area (Å²) in [6, 6.07) is 2.54. The Kier molecular flexibility index (Phi) is 8.77. The van der Waals surface area contributed by atoms with Crippen LogP contribution >= 0.6 is 0 Å². The van der Waals surface area contributed by atoms with Gasteiger partial charge in [-0.3, -0.25) is 14.9 Å². The molecule has 11 heteroatoms. The van der Waals surface area contributed by atoms with Gasteiger partial charge in [-0.1, -0.05) is 0 Å². The lowest BCUT2D eigenvalue weighted by Gasteiger charge is -2.19. The number of carbonyl (C=O) groups is 3. The van der Waals surface area contributed by atoms with E-state index in [4.69, 9.17) is 9.15 Å². The zero-order chi connectivity index (χ0) is 24.8. The normalized spacial score (nSPS) is 11.2. The molecule has 0 radical (unpaired) electrons. The highest BCUT2D eigenvalue weighted by molar-refractivity contribution is 7.89. The Hall–Kier alpha value is -3.18. The second-order valence-electron chi connectivity index (χ2n) is 7.57. The van der Waals surface area contributed by atoms with E-state index in [1.807, 2.05) is 26.1 Å². The average molecular weight is 480 g/mol. The number of furan rings is 1. The first kappa shape index (κ1) is 26.1. The molecule has 0 saturated heterocycles. The van der Waals surface area contributed by atoms with Gasteiger partial charge in [0.1, 0.15) is 5.76 Å². The molecule has 1 aromatic carbocycles. The number of benzene rings is 1. The van der Waals surface area contributed by atoms with E-state index >= 15 is 0 Å². The van der Waals surface area contributed by atoms with E-state index in [2.05, 4.69) is 10.0 Å². The Morgan fingerprint density at radius 3 is 2.15 bits per heavy atom. The van der Waals surface area contributed by atoms with E-state index in [9.17, 15) is 22.8 Å². The van der Waals surface area contributed by atoms with E-state index in [1.54, 1.807) is 26.0 Å². The number of carbonyl (C=O) groups excluding carboxylic acids is 3. The Labute approximate surface area is 193 Å². The van der Waals surface area contributed by atoms with Crippen molar-refractivity contribution in [1.82, 2.24) is 15.4 Å². The first-order chi connectivity index (χ1) is 15.4. The summed E-state index contributed by atoms with van der Waals surface area (Å²) in [6.07, 6.45) is 1.17. The second-order valence-corrected chi connectivity index (χ2v) is 9.28. The van der Waals surface area contributed by atoms with Crippen molar-refractivity contribution >= 4 is 27.9 Å². The number of sulfonamides is 1. The zero-order valence-electron chi connectivity index (χ0n) is 19.3. The maximum atomic E-state index is 12.8. The van der Waals surface area contributed by atoms with Crippen molar-refractivity contribution in [2.75, 3.05) is 13.2 Å². The Morgan fingerprint density at radius 1 is 0.970 bits per heavy atom. The molecule has 2 rings (SSSR count). The second kappa shape index (κ2) is 11.1. The van der Waals surface area contributed by atoms with Crippen LogP contribution in [0, 0.1) is 34.6 Å². The summed E-state index contributed by atoms with van der Waals surface area (Å²) in [7, 11) is -3.85. The number of rotatable bonds is 9. The van der Waals surface area contributed by atoms with Crippen molar-refractivity contribution in [3.8, 4) is 0 Å². The molecule has 3 N–H and O–H groups in total. The first-order valence-corrected chi connectivity index (χ1v) is 11.7. The number of hydrogen-bond acceptors (Lipinski definition) is 7. The molecule has 2 aromatic rings. The molecule has 0 fully saturated rings. The molecule has 0 atom stereocenters. The molecule has 0 aliphatic heterocycles. The summed E-state index contributed by atoms with van der Waals surface area (Å²) in [4.78, 5) is 35.4. The molecule has 0 aliphatic carbocycles. The third kappa shape index (κ3) is 6.90. The number of urea groups is 1. The molecule has 0 unspecified atom stereocenters. The minimum Gasteiger partial charge on any atom is -0.467 e. The van der Waals surface area contributed by atoms with Crippen molar-refractivity contribution in [1.29, 1.82) is 0 Å². The van der Waals surface area contributed by atoms with Crippen LogP contribution in [0.1, 0.15) is 40.0 Å². The molecule has 0 spiro atoms. The molecular weight excluding hydrogens is 450 g/mol. The standard InChI is InChI=1S/C22H29N3O7S/c1-13-14(2)16(4)21(17(5)15(13)3)33(29,30)24-9-8-20(27)32-12-19(26)25-22(28)23-11-18-7-6-10-31-18/h6-7,10,24H,8-9,11-12H2,1-5H3,(H2,23,25,26,28). The predicted octanol–water partition coefficient (Wildman–Crippen LogP) is 2.06. The number of nitrogens with one attached hydrogen (secondary N) is 3. The van der Waals surface area contributed by atoms with Crippen molar-refractivity contribution in [3.05, 3.63) is 52.0 Å². The van der Waals surface area contributed by atoms with Gasteiger partial charge in [0.2, 0.25) is 10.0 Å². The van der Waals surface area contributed by atoms with Crippen molar-refractivity contribution in [2.24, 2.45) is 0 Å². The highest BCUT2D eigenvalue weighted by Crippen LogP contribution is 2.29. The first-order valence-electron chi connectivity index (χ1n) is 10.3. The largest absolute Gasteiger partial charge is 0.467 e. The van der Waals surface area contributed by atoms with Gasteiger partial charge in [-0.2, -0.15) is 0 Å². The Balaban J connectivity index is 1.79. The quantitative estimate of drug-likeness (QED) is 0.467. The van der Waals surface area contributed by atoms with Gasteiger partial charge in [0, 0.05) is 6.54 Å². The molecule has 0 saturated carbocycles. The van der Waals surface area contributed by atoms with Crippen LogP contribution in [0.5, 0.6) is 0 Å². The maximum Gasteiger partial charge on any atom is 0.321 e. The maximum absolute atomic E-state index is 12.8. The zero-order valence-corrected chi connectivity index (χ0v) is 20.1. The smallest absolute Gasteiger partial charge is 0.321 e. The Bertz CT molecular complexity index is 1110. The highest BCUT2D eigenvalue weighted by Gasteiger charge is 2.23. The molecule has 180 valence electrons. The van der Waals surface area contributed by atoms with Crippen LogP contribution < -0.4 is 15.4 Å². The third-order valence-electron chi connectivity index (χ3n) is 5.44. The molecule has 0 aliphatic rings. The summed E-state index contributed by atoms with van der Waals surface area (Å²) in [5.74, 6) is -1.10. The number of esters is 1. The van der Waals surface area contributed by atoms with E-state index in [0.29, 0.717) is 16.9 Å². The summed E-state index contributed by atoms with van der Waals surface area (Å²) in [6.45, 7) is 8.41. The van der Waals surface area contributed by atoms with Gasteiger partial charge in [-0.25, -0.2) is 17.9 Å². The molecule has 10 nitrogen and oxygen atoms in total. The van der Waals surface area contributed by atoms with Crippen molar-refractivity contribution < 1.29 is 32.0 Å². The molecule has 1 aromatic heterocycles. The van der Waals surface area contributed by atoms with E-state index in [-0.39, 0.29) is 24.4 Å². The fourth-order valence-corrected chi connectivity index (χ4v) is 4.86. The van der Waals surface area contributed by atoms with Crippen LogP contribution in [-0.4, -0.2) is 39.5 Å². The lowest BCUT2D eigenvalue weighted by atomic mass is 9.95. The lowest BCUT2D eigenvalue weighted by molar-refractivity contribution is -0.148. The number of ether oxygens (including phenoxy) is 1. The average Bonchev–Trinajstić information content (AvgIpc) is 3.27. The molecular formula is C22H29N3O7S. The van der Waals surface area contributed by atoms with Crippen LogP contribution in [0.4, 0.5) is 4.79 Å². The molecule has 1 heterocycles. The fraction of sp³-hybridized carbons (Fsp3) is 0.409. The van der Waals surface area contributed by atoms with Gasteiger partial charge in [0.05, 0.1) is 24.1 Å². The van der Waals surface area contributed by atoms with E-state index in [0.717, 1.165) is 16.7 Å². The van der Waals surface area contributed by atoms with Gasteiger partial charge in [0.25, 0.3) is 5.91 Å². The predicted molar refractivity (Wildman–Crippen MR) is 120 cm³/mol. The van der Waals surface area contributed by atoms with Crippen LogP contribution in [0.25, 0.3) is 0 Å². The van der Waals surface area contributed by atoms with Crippen LogP contribution in [0.15, 0.2) is 27.7 Å². The van der Waals surface area contributed by atoms with E-state index in [1.165, 1.54) is 6.26 Å². The Morgan fingerprint density at radius 2 is 1.58 bits per heavy atom. The summed E-state index contributed by atoms with van der Waals surface area (Å²) in [5.41, 5.74) is 4.16. The third-order valence-corrected chi connectivity index (χ3v) is 7.18. The number of amides is 3.